The van der Waals surface area contributed by atoms with Crippen LogP contribution < -0.4 is 10.5 Å². The van der Waals surface area contributed by atoms with Crippen molar-refractivity contribution in [2.24, 2.45) is 0 Å². The lowest BCUT2D eigenvalue weighted by Gasteiger charge is -2.48. The van der Waals surface area contributed by atoms with Crippen molar-refractivity contribution in [1.29, 1.82) is 0 Å². The van der Waals surface area contributed by atoms with Crippen LogP contribution in [-0.2, 0) is 11.3 Å². The molecule has 8 nitrogen and oxygen atoms in total. The number of anilines is 1. The zero-order chi connectivity index (χ0) is 20.9. The summed E-state index contributed by atoms with van der Waals surface area (Å²) in [5.74, 6) is 0.599. The fourth-order valence-electron chi connectivity index (χ4n) is 4.03. The fourth-order valence-corrected chi connectivity index (χ4v) is 4.14. The third-order valence-electron chi connectivity index (χ3n) is 5.64. The molecule has 0 bridgehead atoms. The Morgan fingerprint density at radius 3 is 2.83 bits per heavy atom. The maximum atomic E-state index is 13.4. The number of rotatable bonds is 4. The second-order valence-electron chi connectivity index (χ2n) is 7.80. The van der Waals surface area contributed by atoms with E-state index in [2.05, 4.69) is 15.2 Å². The first kappa shape index (κ1) is 19.2. The predicted octanol–water partition coefficient (Wildman–Crippen LogP) is 2.62. The first-order valence-electron chi connectivity index (χ1n) is 9.60. The van der Waals surface area contributed by atoms with Gasteiger partial charge in [0, 0.05) is 42.9 Å². The number of ether oxygens (including phenoxy) is 1. The molecular weight excluding hydrogens is 413 g/mol. The van der Waals surface area contributed by atoms with Crippen LogP contribution in [0.1, 0.15) is 17.7 Å². The van der Waals surface area contributed by atoms with Crippen LogP contribution in [0.2, 0.25) is 5.15 Å². The number of pyridine rings is 1. The van der Waals surface area contributed by atoms with Gasteiger partial charge in [-0.2, -0.15) is 5.10 Å². The Morgan fingerprint density at radius 1 is 1.33 bits per heavy atom. The first-order valence-corrected chi connectivity index (χ1v) is 9.97. The van der Waals surface area contributed by atoms with Crippen molar-refractivity contribution in [3.05, 3.63) is 57.4 Å². The molecule has 0 aromatic carbocycles. The second kappa shape index (κ2) is 7.17. The van der Waals surface area contributed by atoms with Crippen molar-refractivity contribution < 1.29 is 13.7 Å². The Kier molecular flexibility index (Phi) is 4.59. The molecule has 2 fully saturated rings. The molecule has 0 amide bonds. The van der Waals surface area contributed by atoms with Gasteiger partial charge in [0.05, 0.1) is 25.0 Å². The zero-order valence-electron chi connectivity index (χ0n) is 16.2. The lowest BCUT2D eigenvalue weighted by Crippen LogP contribution is -2.62. The number of halogens is 2. The highest BCUT2D eigenvalue weighted by Crippen LogP contribution is 2.38. The summed E-state index contributed by atoms with van der Waals surface area (Å²) in [6.45, 7) is 3.28. The van der Waals surface area contributed by atoms with Crippen LogP contribution in [0.5, 0.6) is 0 Å². The Bertz CT molecular complexity index is 1140. The highest BCUT2D eigenvalue weighted by Gasteiger charge is 2.50. The summed E-state index contributed by atoms with van der Waals surface area (Å²) >= 11 is 5.86. The van der Waals surface area contributed by atoms with Gasteiger partial charge in [0.2, 0.25) is 0 Å². The van der Waals surface area contributed by atoms with E-state index < -0.39 is 11.8 Å². The third kappa shape index (κ3) is 3.37. The van der Waals surface area contributed by atoms with Crippen LogP contribution in [0.4, 0.5) is 10.1 Å². The maximum absolute atomic E-state index is 13.4. The van der Waals surface area contributed by atoms with Crippen molar-refractivity contribution in [3.63, 3.8) is 0 Å². The average molecular weight is 432 g/mol. The van der Waals surface area contributed by atoms with Crippen molar-refractivity contribution >= 4 is 17.3 Å². The molecule has 0 N–H and O–H groups in total. The monoisotopic (exact) mass is 431 g/mol. The van der Waals surface area contributed by atoms with E-state index in [1.165, 1.54) is 10.7 Å². The van der Waals surface area contributed by atoms with Crippen LogP contribution in [0.25, 0.3) is 11.3 Å². The van der Waals surface area contributed by atoms with Gasteiger partial charge in [-0.25, -0.2) is 14.1 Å². The molecule has 30 heavy (non-hydrogen) atoms. The van der Waals surface area contributed by atoms with Gasteiger partial charge in [-0.1, -0.05) is 16.8 Å². The van der Waals surface area contributed by atoms with E-state index in [1.54, 1.807) is 31.5 Å². The second-order valence-corrected chi connectivity index (χ2v) is 8.18. The smallest absolute Gasteiger partial charge is 0.269 e. The lowest BCUT2D eigenvalue weighted by molar-refractivity contribution is -0.0190. The van der Waals surface area contributed by atoms with Crippen LogP contribution in [-0.4, -0.2) is 51.4 Å². The molecule has 2 aliphatic rings. The minimum Gasteiger partial charge on any atom is -0.368 e. The lowest BCUT2D eigenvalue weighted by atomic mass is 9.90. The molecule has 0 saturated carbocycles. The summed E-state index contributed by atoms with van der Waals surface area (Å²) in [5, 5.41) is 8.80. The van der Waals surface area contributed by atoms with Gasteiger partial charge >= 0.3 is 0 Å². The van der Waals surface area contributed by atoms with E-state index >= 15 is 0 Å². The van der Waals surface area contributed by atoms with Crippen LogP contribution in [0.3, 0.4) is 0 Å². The number of nitrogens with zero attached hydrogens (tertiary/aromatic N) is 5. The van der Waals surface area contributed by atoms with Gasteiger partial charge < -0.3 is 14.2 Å². The summed E-state index contributed by atoms with van der Waals surface area (Å²) in [4.78, 5) is 18.7. The molecule has 1 spiro atoms. The molecule has 156 valence electrons. The molecule has 2 saturated heterocycles. The van der Waals surface area contributed by atoms with Gasteiger partial charge in [0.1, 0.15) is 28.4 Å². The highest BCUT2D eigenvalue weighted by molar-refractivity contribution is 6.29. The molecule has 0 radical (unpaired) electrons. The van der Waals surface area contributed by atoms with Crippen molar-refractivity contribution in [1.82, 2.24) is 19.9 Å². The van der Waals surface area contributed by atoms with Crippen LogP contribution in [0, 0.1) is 6.92 Å². The predicted molar refractivity (Wildman–Crippen MR) is 107 cm³/mol. The molecule has 3 aromatic rings. The summed E-state index contributed by atoms with van der Waals surface area (Å²) in [6.07, 6.45) is 2.75. The SMILES string of the molecule is Cc1onc(-c2ccc(Cl)nc2)c1Cn1ncc(N2CC3(CC(F)CO3)C2)cc1=O. The number of alkyl halides is 1. The van der Waals surface area contributed by atoms with E-state index in [4.69, 9.17) is 20.9 Å². The van der Waals surface area contributed by atoms with Crippen LogP contribution >= 0.6 is 11.6 Å². The van der Waals surface area contributed by atoms with E-state index in [0.29, 0.717) is 41.8 Å². The van der Waals surface area contributed by atoms with Crippen molar-refractivity contribution in [3.8, 4) is 11.3 Å². The summed E-state index contributed by atoms with van der Waals surface area (Å²) < 4.78 is 25.7. The first-order chi connectivity index (χ1) is 14.4. The maximum Gasteiger partial charge on any atom is 0.269 e. The van der Waals surface area contributed by atoms with Crippen LogP contribution in [0.15, 0.2) is 39.9 Å². The van der Waals surface area contributed by atoms with E-state index in [1.807, 2.05) is 4.90 Å². The fraction of sp³-hybridized carbons (Fsp3) is 0.400. The molecule has 5 rings (SSSR count). The molecule has 5 heterocycles. The Morgan fingerprint density at radius 2 is 2.17 bits per heavy atom. The van der Waals surface area contributed by atoms with Gasteiger partial charge in [0.25, 0.3) is 5.56 Å². The number of aromatic nitrogens is 4. The van der Waals surface area contributed by atoms with Gasteiger partial charge in [-0.05, 0) is 19.1 Å². The molecule has 0 aliphatic carbocycles. The van der Waals surface area contributed by atoms with Crippen molar-refractivity contribution in [2.75, 3.05) is 24.6 Å². The number of aryl methyl sites for hydroxylation is 1. The van der Waals surface area contributed by atoms with E-state index in [0.717, 1.165) is 11.1 Å². The van der Waals surface area contributed by atoms with Gasteiger partial charge in [-0.15, -0.1) is 0 Å². The van der Waals surface area contributed by atoms with E-state index in [9.17, 15) is 9.18 Å². The molecule has 2 aliphatic heterocycles. The topological polar surface area (TPSA) is 86.3 Å². The quantitative estimate of drug-likeness (QED) is 0.587. The normalized spacial score (nSPS) is 20.0. The zero-order valence-corrected chi connectivity index (χ0v) is 17.0. The molecule has 10 heteroatoms. The van der Waals surface area contributed by atoms with Gasteiger partial charge in [0.15, 0.2) is 0 Å². The van der Waals surface area contributed by atoms with E-state index in [-0.39, 0.29) is 18.7 Å². The summed E-state index contributed by atoms with van der Waals surface area (Å²) in [5.41, 5.74) is 2.12. The molecule has 1 unspecified atom stereocenters. The van der Waals surface area contributed by atoms with Crippen molar-refractivity contribution in [2.45, 2.75) is 31.7 Å². The van der Waals surface area contributed by atoms with Gasteiger partial charge in [-0.3, -0.25) is 4.79 Å². The molecule has 1 atom stereocenters. The molecular formula is C20H19ClFN5O3. The third-order valence-corrected chi connectivity index (χ3v) is 5.86. The molecule has 3 aromatic heterocycles. The number of hydrogen-bond donors (Lipinski definition) is 0. The Hall–Kier alpha value is -2.78. The largest absolute Gasteiger partial charge is 0.368 e. The summed E-state index contributed by atoms with van der Waals surface area (Å²) in [7, 11) is 0. The Labute approximate surface area is 176 Å². The standard InChI is InChI=1S/C20H19ClFN5O3/c1-12-16(19(25-30-12)13-2-3-17(21)23-6-13)8-27-18(28)4-15(7-24-27)26-10-20(11-26)5-14(22)9-29-20/h2-4,6-7,14H,5,8-11H2,1H3. The Balaban J connectivity index is 1.35. The minimum absolute atomic E-state index is 0.150. The number of hydrogen-bond acceptors (Lipinski definition) is 7. The summed E-state index contributed by atoms with van der Waals surface area (Å²) in [6, 6.07) is 5.00. The highest BCUT2D eigenvalue weighted by atomic mass is 35.5. The average Bonchev–Trinajstić information content (AvgIpc) is 3.26. The minimum atomic E-state index is -0.907.